The largest absolute Gasteiger partial charge is 0.324 e. The summed E-state index contributed by atoms with van der Waals surface area (Å²) in [5.74, 6) is 0. The molecule has 6 heteroatoms. The Morgan fingerprint density at radius 1 is 1.79 bits per heavy atom. The number of hydrogen-bond donors (Lipinski definition) is 1. The van der Waals surface area contributed by atoms with Crippen LogP contribution in [-0.4, -0.2) is 9.91 Å². The molecule has 0 bridgehead atoms. The van der Waals surface area contributed by atoms with Crippen LogP contribution in [0.4, 0.5) is 5.69 Å². The van der Waals surface area contributed by atoms with Crippen molar-refractivity contribution < 1.29 is 4.92 Å². The first kappa shape index (κ1) is 10.9. The van der Waals surface area contributed by atoms with Crippen LogP contribution < -0.4 is 5.73 Å². The molecule has 1 heterocycles. The van der Waals surface area contributed by atoms with Gasteiger partial charge in [0.05, 0.1) is 4.92 Å². The lowest BCUT2D eigenvalue weighted by molar-refractivity contribution is -0.385. The van der Waals surface area contributed by atoms with Gasteiger partial charge in [-0.05, 0) is 6.42 Å². The fraction of sp³-hybridized carbons (Fsp3) is 0.375. The first-order valence-electron chi connectivity index (χ1n) is 4.11. The Kier molecular flexibility index (Phi) is 3.38. The number of nitrogens with zero attached hydrogens (tertiary/aromatic N) is 2. The average molecular weight is 216 g/mol. The molecule has 0 fully saturated rings. The van der Waals surface area contributed by atoms with Crippen LogP contribution in [0.5, 0.6) is 0 Å². The predicted molar refractivity (Wildman–Crippen MR) is 53.1 cm³/mol. The van der Waals surface area contributed by atoms with Crippen LogP contribution in [0.2, 0.25) is 5.15 Å². The lowest BCUT2D eigenvalue weighted by Crippen LogP contribution is -2.10. The summed E-state index contributed by atoms with van der Waals surface area (Å²) in [5, 5.41) is 10.7. The van der Waals surface area contributed by atoms with Gasteiger partial charge in [-0.15, -0.1) is 0 Å². The third kappa shape index (κ3) is 2.18. The zero-order valence-electron chi connectivity index (χ0n) is 7.61. The minimum atomic E-state index is -0.519. The third-order valence-corrected chi connectivity index (χ3v) is 2.22. The first-order chi connectivity index (χ1) is 6.56. The second kappa shape index (κ2) is 4.34. The molecule has 0 saturated carbocycles. The van der Waals surface area contributed by atoms with E-state index in [9.17, 15) is 10.1 Å². The van der Waals surface area contributed by atoms with Gasteiger partial charge in [0.2, 0.25) is 0 Å². The molecule has 0 aromatic carbocycles. The number of nitrogens with two attached hydrogens (primary N) is 1. The highest BCUT2D eigenvalue weighted by Crippen LogP contribution is 2.25. The Bertz CT molecular complexity index is 356. The van der Waals surface area contributed by atoms with Crippen LogP contribution in [0.25, 0.3) is 0 Å². The number of nitro groups is 1. The van der Waals surface area contributed by atoms with E-state index in [0.717, 1.165) is 6.20 Å². The van der Waals surface area contributed by atoms with Crippen molar-refractivity contribution >= 4 is 17.3 Å². The quantitative estimate of drug-likeness (QED) is 0.475. The van der Waals surface area contributed by atoms with Crippen LogP contribution in [0.1, 0.15) is 24.9 Å². The number of aromatic nitrogens is 1. The summed E-state index contributed by atoms with van der Waals surface area (Å²) >= 11 is 5.76. The normalized spacial score (nSPS) is 12.5. The highest BCUT2D eigenvalue weighted by molar-refractivity contribution is 6.30. The second-order valence-corrected chi connectivity index (χ2v) is 3.20. The van der Waals surface area contributed by atoms with Gasteiger partial charge in [0.25, 0.3) is 5.69 Å². The number of halogens is 1. The summed E-state index contributed by atoms with van der Waals surface area (Å²) < 4.78 is 0. The van der Waals surface area contributed by atoms with Crippen LogP contribution >= 0.6 is 11.6 Å². The topological polar surface area (TPSA) is 82.0 Å². The summed E-state index contributed by atoms with van der Waals surface area (Å²) in [6.07, 6.45) is 1.77. The molecular weight excluding hydrogens is 206 g/mol. The van der Waals surface area contributed by atoms with E-state index >= 15 is 0 Å². The molecule has 1 aromatic rings. The van der Waals surface area contributed by atoms with Gasteiger partial charge >= 0.3 is 0 Å². The molecule has 1 atom stereocenters. The fourth-order valence-electron chi connectivity index (χ4n) is 1.03. The molecule has 0 saturated heterocycles. The van der Waals surface area contributed by atoms with E-state index in [4.69, 9.17) is 17.3 Å². The molecule has 0 amide bonds. The molecule has 14 heavy (non-hydrogen) atoms. The van der Waals surface area contributed by atoms with Crippen LogP contribution in [0.15, 0.2) is 12.3 Å². The standard InChI is InChI=1S/C8H10ClN3O2/c1-2-7(10)6-3-5(12(13)14)4-11-8(6)9/h3-4,7H,2,10H2,1H3/t7-/m0/s1. The van der Waals surface area contributed by atoms with Gasteiger partial charge in [-0.25, -0.2) is 4.98 Å². The molecule has 0 spiro atoms. The van der Waals surface area contributed by atoms with Crippen molar-refractivity contribution in [3.05, 3.63) is 33.1 Å². The number of hydrogen-bond acceptors (Lipinski definition) is 4. The first-order valence-corrected chi connectivity index (χ1v) is 4.49. The molecule has 0 aliphatic carbocycles. The van der Waals surface area contributed by atoms with Gasteiger partial charge < -0.3 is 5.73 Å². The average Bonchev–Trinajstić information content (AvgIpc) is 2.17. The number of rotatable bonds is 3. The van der Waals surface area contributed by atoms with E-state index in [1.54, 1.807) is 0 Å². The molecule has 76 valence electrons. The van der Waals surface area contributed by atoms with Crippen LogP contribution in [-0.2, 0) is 0 Å². The van der Waals surface area contributed by atoms with Crippen molar-refractivity contribution in [1.29, 1.82) is 0 Å². The Labute approximate surface area is 86.0 Å². The molecule has 0 aliphatic rings. The Morgan fingerprint density at radius 3 is 2.93 bits per heavy atom. The maximum Gasteiger partial charge on any atom is 0.288 e. The van der Waals surface area contributed by atoms with Crippen molar-refractivity contribution in [2.45, 2.75) is 19.4 Å². The monoisotopic (exact) mass is 215 g/mol. The van der Waals surface area contributed by atoms with Gasteiger partial charge in [-0.2, -0.15) is 0 Å². The molecule has 2 N–H and O–H groups in total. The van der Waals surface area contributed by atoms with Gasteiger partial charge in [0, 0.05) is 17.7 Å². The minimum absolute atomic E-state index is 0.0895. The SMILES string of the molecule is CC[C@H](N)c1cc([N+](=O)[O-])cnc1Cl. The second-order valence-electron chi connectivity index (χ2n) is 2.85. The zero-order valence-corrected chi connectivity index (χ0v) is 8.36. The summed E-state index contributed by atoms with van der Waals surface area (Å²) in [6.45, 7) is 1.87. The summed E-state index contributed by atoms with van der Waals surface area (Å²) in [7, 11) is 0. The van der Waals surface area contributed by atoms with Crippen molar-refractivity contribution in [3.8, 4) is 0 Å². The van der Waals surface area contributed by atoms with E-state index in [-0.39, 0.29) is 16.9 Å². The molecule has 1 aromatic heterocycles. The van der Waals surface area contributed by atoms with Crippen molar-refractivity contribution in [3.63, 3.8) is 0 Å². The maximum atomic E-state index is 10.5. The Balaban J connectivity index is 3.14. The van der Waals surface area contributed by atoms with E-state index < -0.39 is 4.92 Å². The van der Waals surface area contributed by atoms with Crippen molar-refractivity contribution in [2.24, 2.45) is 5.73 Å². The zero-order chi connectivity index (χ0) is 10.7. The number of pyridine rings is 1. The van der Waals surface area contributed by atoms with Crippen LogP contribution in [0.3, 0.4) is 0 Å². The van der Waals surface area contributed by atoms with Gasteiger partial charge in [0.15, 0.2) is 0 Å². The van der Waals surface area contributed by atoms with Crippen molar-refractivity contribution in [2.75, 3.05) is 0 Å². The maximum absolute atomic E-state index is 10.5. The Hall–Kier alpha value is -1.20. The summed E-state index contributed by atoms with van der Waals surface area (Å²) in [4.78, 5) is 13.7. The van der Waals surface area contributed by atoms with Gasteiger partial charge in [-0.1, -0.05) is 18.5 Å². The highest BCUT2D eigenvalue weighted by Gasteiger charge is 2.14. The van der Waals surface area contributed by atoms with E-state index in [1.807, 2.05) is 6.92 Å². The van der Waals surface area contributed by atoms with E-state index in [2.05, 4.69) is 4.98 Å². The van der Waals surface area contributed by atoms with E-state index in [0.29, 0.717) is 12.0 Å². The van der Waals surface area contributed by atoms with Crippen LogP contribution in [0, 0.1) is 10.1 Å². The molecule has 0 unspecified atom stereocenters. The van der Waals surface area contributed by atoms with Crippen molar-refractivity contribution in [1.82, 2.24) is 4.98 Å². The molecule has 1 rings (SSSR count). The molecule has 0 radical (unpaired) electrons. The summed E-state index contributed by atoms with van der Waals surface area (Å²) in [6, 6.07) is 1.05. The molecule has 0 aliphatic heterocycles. The summed E-state index contributed by atoms with van der Waals surface area (Å²) in [5.41, 5.74) is 6.14. The lowest BCUT2D eigenvalue weighted by Gasteiger charge is -2.09. The molecular formula is C8H10ClN3O2. The Morgan fingerprint density at radius 2 is 2.43 bits per heavy atom. The van der Waals surface area contributed by atoms with E-state index in [1.165, 1.54) is 6.07 Å². The fourth-order valence-corrected chi connectivity index (χ4v) is 1.28. The highest BCUT2D eigenvalue weighted by atomic mass is 35.5. The predicted octanol–water partition coefficient (Wildman–Crippen LogP) is 2.05. The third-order valence-electron chi connectivity index (χ3n) is 1.90. The molecule has 5 nitrogen and oxygen atoms in total. The lowest BCUT2D eigenvalue weighted by atomic mass is 10.1. The van der Waals surface area contributed by atoms with Gasteiger partial charge in [-0.3, -0.25) is 10.1 Å². The van der Waals surface area contributed by atoms with Gasteiger partial charge in [0.1, 0.15) is 11.3 Å². The smallest absolute Gasteiger partial charge is 0.288 e. The minimum Gasteiger partial charge on any atom is -0.324 e.